The Morgan fingerprint density at radius 2 is 2.06 bits per heavy atom. The predicted molar refractivity (Wildman–Crippen MR) is 66.5 cm³/mol. The summed E-state index contributed by atoms with van der Waals surface area (Å²) < 4.78 is 5.38. The number of nitrogens with one attached hydrogen (secondary N) is 1. The minimum absolute atomic E-state index is 0.128. The summed E-state index contributed by atoms with van der Waals surface area (Å²) in [7, 11) is 1.83. The molecular weight excluding hydrogens is 204 g/mol. The molecule has 4 heteroatoms. The summed E-state index contributed by atoms with van der Waals surface area (Å²) in [5, 5.41) is 3.08. The highest BCUT2D eigenvalue weighted by Gasteiger charge is 2.10. The highest BCUT2D eigenvalue weighted by molar-refractivity contribution is 5.78. The molecule has 0 unspecified atom stereocenters. The summed E-state index contributed by atoms with van der Waals surface area (Å²) in [6.45, 7) is 8.78. The Kier molecular flexibility index (Phi) is 9.24. The molecule has 0 aliphatic heterocycles. The standard InChI is InChI=1S/C12H26N2O2/c1-5-6-8-16-9-7-13-10-12(15)14(4)11(2)3/h11,13H,5-10H2,1-4H3. The van der Waals surface area contributed by atoms with E-state index in [2.05, 4.69) is 12.2 Å². The number of likely N-dealkylation sites (N-methyl/N-ethyl adjacent to an activating group) is 1. The van der Waals surface area contributed by atoms with Gasteiger partial charge in [-0.05, 0) is 20.3 Å². The minimum Gasteiger partial charge on any atom is -0.380 e. The number of amides is 1. The molecule has 0 aliphatic carbocycles. The van der Waals surface area contributed by atoms with Crippen molar-refractivity contribution in [3.05, 3.63) is 0 Å². The number of carbonyl (C=O) groups is 1. The number of unbranched alkanes of at least 4 members (excludes halogenated alkanes) is 1. The van der Waals surface area contributed by atoms with Crippen LogP contribution in [0.2, 0.25) is 0 Å². The first-order valence-electron chi connectivity index (χ1n) is 6.13. The van der Waals surface area contributed by atoms with Crippen molar-refractivity contribution in [1.29, 1.82) is 0 Å². The second-order valence-corrected chi connectivity index (χ2v) is 4.24. The van der Waals surface area contributed by atoms with E-state index in [9.17, 15) is 4.79 Å². The quantitative estimate of drug-likeness (QED) is 0.606. The molecule has 4 nitrogen and oxygen atoms in total. The molecule has 0 spiro atoms. The first-order chi connectivity index (χ1) is 7.59. The number of hydrogen-bond acceptors (Lipinski definition) is 3. The molecular formula is C12H26N2O2. The fourth-order valence-corrected chi connectivity index (χ4v) is 1.10. The lowest BCUT2D eigenvalue weighted by molar-refractivity contribution is -0.130. The van der Waals surface area contributed by atoms with Crippen LogP contribution in [0.5, 0.6) is 0 Å². The first-order valence-corrected chi connectivity index (χ1v) is 6.13. The monoisotopic (exact) mass is 230 g/mol. The van der Waals surface area contributed by atoms with Crippen LogP contribution in [0.1, 0.15) is 33.6 Å². The Balaban J connectivity index is 3.34. The van der Waals surface area contributed by atoms with Crippen molar-refractivity contribution in [2.24, 2.45) is 0 Å². The molecule has 0 saturated heterocycles. The predicted octanol–water partition coefficient (Wildman–Crippen LogP) is 1.26. The van der Waals surface area contributed by atoms with Gasteiger partial charge in [0.25, 0.3) is 0 Å². The molecule has 0 fully saturated rings. The third kappa shape index (κ3) is 7.65. The lowest BCUT2D eigenvalue weighted by atomic mass is 10.3. The second-order valence-electron chi connectivity index (χ2n) is 4.24. The van der Waals surface area contributed by atoms with Gasteiger partial charge in [-0.25, -0.2) is 0 Å². The SMILES string of the molecule is CCCCOCCNCC(=O)N(C)C(C)C. The van der Waals surface area contributed by atoms with Crippen molar-refractivity contribution in [3.8, 4) is 0 Å². The van der Waals surface area contributed by atoms with Gasteiger partial charge in [0.05, 0.1) is 13.2 Å². The van der Waals surface area contributed by atoms with E-state index in [4.69, 9.17) is 4.74 Å². The molecule has 0 bridgehead atoms. The zero-order chi connectivity index (χ0) is 12.4. The van der Waals surface area contributed by atoms with Crippen LogP contribution < -0.4 is 5.32 Å². The van der Waals surface area contributed by atoms with E-state index in [1.54, 1.807) is 4.90 Å². The summed E-state index contributed by atoms with van der Waals surface area (Å²) in [6, 6.07) is 0.259. The summed E-state index contributed by atoms with van der Waals surface area (Å²) >= 11 is 0. The Labute approximate surface area is 99.3 Å². The van der Waals surface area contributed by atoms with E-state index in [-0.39, 0.29) is 11.9 Å². The Bertz CT molecular complexity index is 184. The van der Waals surface area contributed by atoms with Crippen LogP contribution in [-0.2, 0) is 9.53 Å². The van der Waals surface area contributed by atoms with E-state index in [1.807, 2.05) is 20.9 Å². The minimum atomic E-state index is 0.128. The van der Waals surface area contributed by atoms with E-state index >= 15 is 0 Å². The van der Waals surface area contributed by atoms with Crippen LogP contribution in [0.4, 0.5) is 0 Å². The van der Waals surface area contributed by atoms with Crippen LogP contribution in [-0.4, -0.2) is 50.2 Å². The van der Waals surface area contributed by atoms with Crippen LogP contribution in [0.25, 0.3) is 0 Å². The molecule has 0 aromatic heterocycles. The fourth-order valence-electron chi connectivity index (χ4n) is 1.10. The maximum atomic E-state index is 11.5. The largest absolute Gasteiger partial charge is 0.380 e. The average molecular weight is 230 g/mol. The number of carbonyl (C=O) groups excluding carboxylic acids is 1. The van der Waals surface area contributed by atoms with Gasteiger partial charge < -0.3 is 15.0 Å². The van der Waals surface area contributed by atoms with Gasteiger partial charge in [-0.2, -0.15) is 0 Å². The van der Waals surface area contributed by atoms with Gasteiger partial charge in [0.2, 0.25) is 5.91 Å². The summed E-state index contributed by atoms with van der Waals surface area (Å²) in [5.74, 6) is 0.128. The van der Waals surface area contributed by atoms with Crippen LogP contribution in [0.15, 0.2) is 0 Å². The highest BCUT2D eigenvalue weighted by Crippen LogP contribution is 1.92. The van der Waals surface area contributed by atoms with Crippen molar-refractivity contribution < 1.29 is 9.53 Å². The summed E-state index contributed by atoms with van der Waals surface area (Å²) in [4.78, 5) is 13.3. The molecule has 0 radical (unpaired) electrons. The molecule has 16 heavy (non-hydrogen) atoms. The van der Waals surface area contributed by atoms with Gasteiger partial charge in [-0.3, -0.25) is 4.79 Å². The third-order valence-corrected chi connectivity index (χ3v) is 2.51. The number of rotatable bonds is 9. The van der Waals surface area contributed by atoms with Crippen molar-refractivity contribution in [2.45, 2.75) is 39.7 Å². The van der Waals surface area contributed by atoms with Crippen molar-refractivity contribution in [1.82, 2.24) is 10.2 Å². The smallest absolute Gasteiger partial charge is 0.236 e. The van der Waals surface area contributed by atoms with E-state index in [0.29, 0.717) is 13.2 Å². The maximum Gasteiger partial charge on any atom is 0.236 e. The first kappa shape index (κ1) is 15.4. The number of nitrogens with zero attached hydrogens (tertiary/aromatic N) is 1. The van der Waals surface area contributed by atoms with Crippen molar-refractivity contribution in [2.75, 3.05) is 33.4 Å². The highest BCUT2D eigenvalue weighted by atomic mass is 16.5. The van der Waals surface area contributed by atoms with Gasteiger partial charge in [0.15, 0.2) is 0 Å². The van der Waals surface area contributed by atoms with Crippen LogP contribution in [0, 0.1) is 0 Å². The molecule has 0 aromatic carbocycles. The normalized spacial score (nSPS) is 10.8. The average Bonchev–Trinajstić information content (AvgIpc) is 2.26. The molecule has 0 aliphatic rings. The van der Waals surface area contributed by atoms with Crippen molar-refractivity contribution >= 4 is 5.91 Å². The van der Waals surface area contributed by atoms with Crippen LogP contribution >= 0.6 is 0 Å². The van der Waals surface area contributed by atoms with E-state index in [0.717, 1.165) is 26.0 Å². The maximum absolute atomic E-state index is 11.5. The Morgan fingerprint density at radius 3 is 2.62 bits per heavy atom. The zero-order valence-corrected chi connectivity index (χ0v) is 11.1. The lowest BCUT2D eigenvalue weighted by Crippen LogP contribution is -2.40. The van der Waals surface area contributed by atoms with Gasteiger partial charge in [-0.15, -0.1) is 0 Å². The summed E-state index contributed by atoms with van der Waals surface area (Å²) in [6.07, 6.45) is 2.26. The van der Waals surface area contributed by atoms with Crippen LogP contribution in [0.3, 0.4) is 0 Å². The molecule has 96 valence electrons. The molecule has 0 heterocycles. The molecule has 0 aromatic rings. The van der Waals surface area contributed by atoms with E-state index < -0.39 is 0 Å². The van der Waals surface area contributed by atoms with Gasteiger partial charge in [-0.1, -0.05) is 13.3 Å². The topological polar surface area (TPSA) is 41.6 Å². The fraction of sp³-hybridized carbons (Fsp3) is 0.917. The second kappa shape index (κ2) is 9.60. The summed E-state index contributed by atoms with van der Waals surface area (Å²) in [5.41, 5.74) is 0. The van der Waals surface area contributed by atoms with Gasteiger partial charge in [0, 0.05) is 26.2 Å². The number of ether oxygens (including phenoxy) is 1. The third-order valence-electron chi connectivity index (χ3n) is 2.51. The molecule has 0 rings (SSSR count). The zero-order valence-electron chi connectivity index (χ0n) is 11.1. The molecule has 1 amide bonds. The van der Waals surface area contributed by atoms with E-state index in [1.165, 1.54) is 0 Å². The van der Waals surface area contributed by atoms with Gasteiger partial charge in [0.1, 0.15) is 0 Å². The van der Waals surface area contributed by atoms with Gasteiger partial charge >= 0.3 is 0 Å². The molecule has 0 atom stereocenters. The lowest BCUT2D eigenvalue weighted by Gasteiger charge is -2.21. The molecule has 0 saturated carbocycles. The molecule has 1 N–H and O–H groups in total. The van der Waals surface area contributed by atoms with Crippen molar-refractivity contribution in [3.63, 3.8) is 0 Å². The Hall–Kier alpha value is -0.610. The Morgan fingerprint density at radius 1 is 1.38 bits per heavy atom. The number of hydrogen-bond donors (Lipinski definition) is 1.